The zero-order chi connectivity index (χ0) is 22.9. The first kappa shape index (κ1) is 20.5. The molecule has 1 aliphatic heterocycles. The van der Waals surface area contributed by atoms with Crippen molar-refractivity contribution in [3.8, 4) is 0 Å². The molecule has 7 nitrogen and oxygen atoms in total. The molecule has 1 aliphatic rings. The number of anilines is 1. The Labute approximate surface area is 190 Å². The van der Waals surface area contributed by atoms with Gasteiger partial charge in [0.05, 0.1) is 22.2 Å². The number of imide groups is 1. The quantitative estimate of drug-likeness (QED) is 0.447. The van der Waals surface area contributed by atoms with Gasteiger partial charge >= 0.3 is 0 Å². The highest BCUT2D eigenvalue weighted by molar-refractivity contribution is 6.23. The molecule has 33 heavy (non-hydrogen) atoms. The number of benzene rings is 3. The van der Waals surface area contributed by atoms with Crippen LogP contribution in [0.15, 0.2) is 85.2 Å². The number of rotatable bonds is 5. The van der Waals surface area contributed by atoms with Crippen LogP contribution in [0.1, 0.15) is 26.3 Å². The number of hydrogen-bond acceptors (Lipinski definition) is 5. The second-order valence-corrected chi connectivity index (χ2v) is 7.86. The van der Waals surface area contributed by atoms with Crippen molar-refractivity contribution in [1.82, 2.24) is 14.9 Å². The SMILES string of the molecule is CN(C(=O)[C@H](Cc1ccccc1)N1C(=O)c2ccccc2C1=O)c1ccc2nccnc2c1. The third-order valence-corrected chi connectivity index (χ3v) is 5.86. The van der Waals surface area contributed by atoms with Gasteiger partial charge < -0.3 is 4.90 Å². The van der Waals surface area contributed by atoms with Crippen LogP contribution < -0.4 is 4.90 Å². The lowest BCUT2D eigenvalue weighted by Gasteiger charge is -2.29. The summed E-state index contributed by atoms with van der Waals surface area (Å²) in [7, 11) is 1.63. The minimum absolute atomic E-state index is 0.211. The Balaban J connectivity index is 1.53. The van der Waals surface area contributed by atoms with Crippen molar-refractivity contribution in [2.24, 2.45) is 0 Å². The summed E-state index contributed by atoms with van der Waals surface area (Å²) in [6.07, 6.45) is 3.41. The van der Waals surface area contributed by atoms with E-state index in [1.165, 1.54) is 4.90 Å². The summed E-state index contributed by atoms with van der Waals surface area (Å²) >= 11 is 0. The van der Waals surface area contributed by atoms with E-state index >= 15 is 0 Å². The van der Waals surface area contributed by atoms with Gasteiger partial charge in [-0.15, -0.1) is 0 Å². The van der Waals surface area contributed by atoms with Crippen molar-refractivity contribution >= 4 is 34.4 Å². The smallest absolute Gasteiger partial charge is 0.262 e. The van der Waals surface area contributed by atoms with Gasteiger partial charge in [-0.3, -0.25) is 29.3 Å². The minimum atomic E-state index is -0.998. The topological polar surface area (TPSA) is 83.5 Å². The van der Waals surface area contributed by atoms with Crippen LogP contribution in [-0.2, 0) is 11.2 Å². The van der Waals surface area contributed by atoms with Crippen LogP contribution in [0.25, 0.3) is 11.0 Å². The third-order valence-electron chi connectivity index (χ3n) is 5.86. The number of carbonyl (C=O) groups excluding carboxylic acids is 3. The lowest BCUT2D eigenvalue weighted by molar-refractivity contribution is -0.122. The van der Waals surface area contributed by atoms with E-state index in [1.807, 2.05) is 30.3 Å². The molecule has 3 aromatic carbocycles. The Morgan fingerprint density at radius 2 is 1.45 bits per heavy atom. The number of fused-ring (bicyclic) bond motifs is 2. The molecule has 1 aromatic heterocycles. The summed E-state index contributed by atoms with van der Waals surface area (Å²) < 4.78 is 0. The fourth-order valence-electron chi connectivity index (χ4n) is 4.13. The van der Waals surface area contributed by atoms with Gasteiger partial charge in [0.1, 0.15) is 6.04 Å². The largest absolute Gasteiger partial charge is 0.314 e. The van der Waals surface area contributed by atoms with Gasteiger partial charge in [0.25, 0.3) is 11.8 Å². The van der Waals surface area contributed by atoms with E-state index in [-0.39, 0.29) is 12.3 Å². The molecule has 0 unspecified atom stereocenters. The summed E-state index contributed by atoms with van der Waals surface area (Å²) in [5.74, 6) is -1.28. The first-order valence-corrected chi connectivity index (χ1v) is 10.5. The monoisotopic (exact) mass is 436 g/mol. The summed E-state index contributed by atoms with van der Waals surface area (Å²) in [6.45, 7) is 0. The van der Waals surface area contributed by atoms with Crippen LogP contribution >= 0.6 is 0 Å². The number of aromatic nitrogens is 2. The fraction of sp³-hybridized carbons (Fsp3) is 0.115. The molecule has 1 atom stereocenters. The summed E-state index contributed by atoms with van der Waals surface area (Å²) in [5, 5.41) is 0. The van der Waals surface area contributed by atoms with Gasteiger partial charge in [0.2, 0.25) is 5.91 Å². The Morgan fingerprint density at radius 1 is 0.848 bits per heavy atom. The van der Waals surface area contributed by atoms with E-state index in [4.69, 9.17) is 0 Å². The molecule has 0 bridgehead atoms. The molecule has 0 spiro atoms. The van der Waals surface area contributed by atoms with E-state index in [9.17, 15) is 14.4 Å². The molecule has 3 amide bonds. The first-order chi connectivity index (χ1) is 16.0. The fourth-order valence-corrected chi connectivity index (χ4v) is 4.13. The number of amides is 3. The van der Waals surface area contributed by atoms with Gasteiger partial charge in [-0.25, -0.2) is 0 Å². The molecule has 5 rings (SSSR count). The van der Waals surface area contributed by atoms with Crippen LogP contribution in [0.3, 0.4) is 0 Å². The normalized spacial score (nSPS) is 13.8. The second-order valence-electron chi connectivity index (χ2n) is 7.86. The van der Waals surface area contributed by atoms with Crippen LogP contribution in [0.4, 0.5) is 5.69 Å². The summed E-state index contributed by atoms with van der Waals surface area (Å²) in [4.78, 5) is 51.3. The number of nitrogens with zero attached hydrogens (tertiary/aromatic N) is 4. The molecule has 7 heteroatoms. The molecule has 0 radical (unpaired) electrons. The Kier molecular flexibility index (Phi) is 5.14. The zero-order valence-electron chi connectivity index (χ0n) is 17.9. The average molecular weight is 436 g/mol. The summed E-state index contributed by atoms with van der Waals surface area (Å²) in [6, 6.07) is 20.4. The van der Waals surface area contributed by atoms with Crippen LogP contribution in [0, 0.1) is 0 Å². The Morgan fingerprint density at radius 3 is 2.12 bits per heavy atom. The van der Waals surface area contributed by atoms with Gasteiger partial charge in [0, 0.05) is 31.5 Å². The maximum absolute atomic E-state index is 13.8. The standard InChI is InChI=1S/C26H20N4O3/c1-29(18-11-12-21-22(16-18)28-14-13-27-21)26(33)23(15-17-7-3-2-4-8-17)30-24(31)19-9-5-6-10-20(19)25(30)32/h2-14,16,23H,15H2,1H3/t23-/m0/s1. The molecule has 2 heterocycles. The van der Waals surface area contributed by atoms with Crippen LogP contribution in [0.5, 0.6) is 0 Å². The van der Waals surface area contributed by atoms with E-state index < -0.39 is 17.9 Å². The number of likely N-dealkylation sites (N-methyl/N-ethyl adjacent to an activating group) is 1. The van der Waals surface area contributed by atoms with Gasteiger partial charge in [-0.05, 0) is 35.9 Å². The number of hydrogen-bond donors (Lipinski definition) is 0. The van der Waals surface area contributed by atoms with Gasteiger partial charge in [-0.2, -0.15) is 0 Å². The predicted octanol–water partition coefficient (Wildman–Crippen LogP) is 3.50. The van der Waals surface area contributed by atoms with E-state index in [2.05, 4.69) is 9.97 Å². The lowest BCUT2D eigenvalue weighted by atomic mass is 10.0. The molecule has 0 saturated carbocycles. The van der Waals surface area contributed by atoms with Crippen molar-refractivity contribution in [1.29, 1.82) is 0 Å². The maximum Gasteiger partial charge on any atom is 0.262 e. The van der Waals surface area contributed by atoms with E-state index in [0.717, 1.165) is 10.5 Å². The molecule has 0 fully saturated rings. The molecular formula is C26H20N4O3. The highest BCUT2D eigenvalue weighted by Crippen LogP contribution is 2.28. The van der Waals surface area contributed by atoms with Crippen molar-refractivity contribution in [2.45, 2.75) is 12.5 Å². The molecule has 162 valence electrons. The lowest BCUT2D eigenvalue weighted by Crippen LogP contribution is -2.51. The number of carbonyl (C=O) groups is 3. The second kappa shape index (κ2) is 8.27. The highest BCUT2D eigenvalue weighted by Gasteiger charge is 2.43. The van der Waals surface area contributed by atoms with Crippen molar-refractivity contribution in [2.75, 3.05) is 11.9 Å². The Bertz CT molecular complexity index is 1350. The molecule has 4 aromatic rings. The third kappa shape index (κ3) is 3.63. The molecule has 0 aliphatic carbocycles. The molecule has 0 N–H and O–H groups in total. The van der Waals surface area contributed by atoms with Crippen molar-refractivity contribution in [3.63, 3.8) is 0 Å². The van der Waals surface area contributed by atoms with Crippen molar-refractivity contribution < 1.29 is 14.4 Å². The zero-order valence-corrected chi connectivity index (χ0v) is 17.9. The Hall–Kier alpha value is -4.39. The van der Waals surface area contributed by atoms with E-state index in [0.29, 0.717) is 27.8 Å². The van der Waals surface area contributed by atoms with Crippen LogP contribution in [0.2, 0.25) is 0 Å². The van der Waals surface area contributed by atoms with Gasteiger partial charge in [-0.1, -0.05) is 42.5 Å². The predicted molar refractivity (Wildman–Crippen MR) is 124 cm³/mol. The van der Waals surface area contributed by atoms with Gasteiger partial charge in [0.15, 0.2) is 0 Å². The average Bonchev–Trinajstić information content (AvgIpc) is 3.12. The molecular weight excluding hydrogens is 416 g/mol. The minimum Gasteiger partial charge on any atom is -0.314 e. The molecule has 0 saturated heterocycles. The first-order valence-electron chi connectivity index (χ1n) is 10.5. The highest BCUT2D eigenvalue weighted by atomic mass is 16.2. The van der Waals surface area contributed by atoms with E-state index in [1.54, 1.807) is 61.9 Å². The summed E-state index contributed by atoms with van der Waals surface area (Å²) in [5.41, 5.74) is 3.44. The van der Waals surface area contributed by atoms with Crippen LogP contribution in [-0.4, -0.2) is 45.7 Å². The maximum atomic E-state index is 13.8. The van der Waals surface area contributed by atoms with Crippen molar-refractivity contribution in [3.05, 3.63) is 102 Å².